The number of hydrogen-bond acceptors (Lipinski definition) is 5. The quantitative estimate of drug-likeness (QED) is 0.854. The molecule has 1 heterocycles. The first kappa shape index (κ1) is 14.6. The molecule has 2 aromatic rings. The number of aromatic carboxylic acids is 1. The van der Waals surface area contributed by atoms with Gasteiger partial charge < -0.3 is 19.6 Å². The van der Waals surface area contributed by atoms with E-state index in [1.54, 1.807) is 19.2 Å². The number of aromatic nitrogens is 2. The number of carboxylic acid groups (broad SMARTS) is 1. The van der Waals surface area contributed by atoms with E-state index in [0.29, 0.717) is 23.7 Å². The number of methoxy groups -OCH3 is 2. The van der Waals surface area contributed by atoms with Crippen molar-refractivity contribution < 1.29 is 19.4 Å². The van der Waals surface area contributed by atoms with Crippen LogP contribution >= 0.6 is 0 Å². The molecule has 0 bridgehead atoms. The Kier molecular flexibility index (Phi) is 4.22. The predicted molar refractivity (Wildman–Crippen MR) is 74.2 cm³/mol. The highest BCUT2D eigenvalue weighted by Crippen LogP contribution is 2.28. The lowest BCUT2D eigenvalue weighted by Crippen LogP contribution is -2.20. The number of carboxylic acids is 1. The first-order chi connectivity index (χ1) is 10.0. The molecular formula is C14H14N2O5. The van der Waals surface area contributed by atoms with Crippen LogP contribution in [0, 0.1) is 0 Å². The van der Waals surface area contributed by atoms with E-state index < -0.39 is 11.5 Å². The molecule has 0 radical (unpaired) electrons. The number of rotatable bonds is 5. The van der Waals surface area contributed by atoms with Gasteiger partial charge in [0.15, 0.2) is 11.5 Å². The largest absolute Gasteiger partial charge is 0.493 e. The van der Waals surface area contributed by atoms with Gasteiger partial charge in [-0.15, -0.1) is 0 Å². The summed E-state index contributed by atoms with van der Waals surface area (Å²) < 4.78 is 10.3. The second-order valence-electron chi connectivity index (χ2n) is 4.24. The van der Waals surface area contributed by atoms with E-state index in [4.69, 9.17) is 14.6 Å². The molecule has 1 aromatic carbocycles. The van der Waals surface area contributed by atoms with E-state index in [2.05, 4.69) is 9.97 Å². The lowest BCUT2D eigenvalue weighted by Gasteiger charge is -2.09. The molecule has 0 aliphatic rings. The number of H-pyrrole nitrogens is 1. The average Bonchev–Trinajstić information content (AvgIpc) is 2.46. The van der Waals surface area contributed by atoms with Gasteiger partial charge in [0.1, 0.15) is 11.4 Å². The van der Waals surface area contributed by atoms with Crippen LogP contribution in [0.4, 0.5) is 0 Å². The van der Waals surface area contributed by atoms with Gasteiger partial charge in [0.05, 0.1) is 14.2 Å². The summed E-state index contributed by atoms with van der Waals surface area (Å²) in [6, 6.07) is 5.33. The van der Waals surface area contributed by atoms with Crippen molar-refractivity contribution in [1.82, 2.24) is 9.97 Å². The van der Waals surface area contributed by atoms with E-state index in [0.717, 1.165) is 11.8 Å². The second kappa shape index (κ2) is 6.08. The highest BCUT2D eigenvalue weighted by atomic mass is 16.5. The zero-order chi connectivity index (χ0) is 15.4. The Labute approximate surface area is 120 Å². The van der Waals surface area contributed by atoms with Gasteiger partial charge in [-0.05, 0) is 17.7 Å². The van der Waals surface area contributed by atoms with Crippen molar-refractivity contribution in [3.05, 3.63) is 51.7 Å². The van der Waals surface area contributed by atoms with Crippen LogP contribution in [0.1, 0.15) is 21.7 Å². The van der Waals surface area contributed by atoms with Crippen LogP contribution in [-0.4, -0.2) is 35.3 Å². The molecule has 2 rings (SSSR count). The minimum Gasteiger partial charge on any atom is -0.493 e. The summed E-state index contributed by atoms with van der Waals surface area (Å²) in [4.78, 5) is 28.7. The summed E-state index contributed by atoms with van der Waals surface area (Å²) in [5.74, 6) is 0.238. The molecule has 0 saturated carbocycles. The number of aromatic amines is 1. The third kappa shape index (κ3) is 3.19. The number of nitrogens with zero attached hydrogens (tertiary/aromatic N) is 1. The molecule has 0 atom stereocenters. The molecule has 0 amide bonds. The van der Waals surface area contributed by atoms with Crippen LogP contribution in [0.25, 0.3) is 0 Å². The Morgan fingerprint density at radius 1 is 1.29 bits per heavy atom. The smallest absolute Gasteiger partial charge is 0.342 e. The molecule has 0 saturated heterocycles. The summed E-state index contributed by atoms with van der Waals surface area (Å²) in [5, 5.41) is 8.78. The molecule has 0 fully saturated rings. The minimum absolute atomic E-state index is 0.343. The first-order valence-corrected chi connectivity index (χ1v) is 6.07. The van der Waals surface area contributed by atoms with Crippen LogP contribution < -0.4 is 15.0 Å². The third-order valence-corrected chi connectivity index (χ3v) is 2.90. The Morgan fingerprint density at radius 2 is 2.00 bits per heavy atom. The van der Waals surface area contributed by atoms with Crippen LogP contribution in [0.15, 0.2) is 29.2 Å². The van der Waals surface area contributed by atoms with E-state index >= 15 is 0 Å². The number of ether oxygens (including phenoxy) is 2. The highest BCUT2D eigenvalue weighted by Gasteiger charge is 2.11. The SMILES string of the molecule is COc1ccc(Cc2ncc(C(=O)O)c(=O)[nH]2)cc1OC. The van der Waals surface area contributed by atoms with Gasteiger partial charge in [0.2, 0.25) is 0 Å². The van der Waals surface area contributed by atoms with E-state index in [1.807, 2.05) is 6.07 Å². The Hall–Kier alpha value is -2.83. The summed E-state index contributed by atoms with van der Waals surface area (Å²) in [7, 11) is 3.07. The van der Waals surface area contributed by atoms with Crippen molar-refractivity contribution in [3.63, 3.8) is 0 Å². The van der Waals surface area contributed by atoms with E-state index in [-0.39, 0.29) is 5.56 Å². The average molecular weight is 290 g/mol. The molecule has 0 aliphatic heterocycles. The van der Waals surface area contributed by atoms with Gasteiger partial charge in [-0.1, -0.05) is 6.07 Å². The van der Waals surface area contributed by atoms with Gasteiger partial charge in [0, 0.05) is 12.6 Å². The summed E-state index contributed by atoms with van der Waals surface area (Å²) >= 11 is 0. The van der Waals surface area contributed by atoms with Gasteiger partial charge in [-0.3, -0.25) is 4.79 Å². The van der Waals surface area contributed by atoms with Crippen molar-refractivity contribution in [2.45, 2.75) is 6.42 Å². The molecule has 2 N–H and O–H groups in total. The van der Waals surface area contributed by atoms with Gasteiger partial charge in [-0.2, -0.15) is 0 Å². The van der Waals surface area contributed by atoms with Gasteiger partial charge >= 0.3 is 5.97 Å². The monoisotopic (exact) mass is 290 g/mol. The van der Waals surface area contributed by atoms with Crippen molar-refractivity contribution in [2.75, 3.05) is 14.2 Å². The maximum absolute atomic E-state index is 11.6. The zero-order valence-electron chi connectivity index (χ0n) is 11.5. The molecule has 110 valence electrons. The summed E-state index contributed by atoms with van der Waals surface area (Å²) in [5.41, 5.74) is -0.210. The van der Waals surface area contributed by atoms with Crippen LogP contribution in [0.2, 0.25) is 0 Å². The Balaban J connectivity index is 2.28. The summed E-state index contributed by atoms with van der Waals surface area (Å²) in [6.45, 7) is 0. The zero-order valence-corrected chi connectivity index (χ0v) is 11.5. The molecule has 0 spiro atoms. The molecule has 1 aromatic heterocycles. The summed E-state index contributed by atoms with van der Waals surface area (Å²) in [6.07, 6.45) is 1.40. The Morgan fingerprint density at radius 3 is 2.57 bits per heavy atom. The lowest BCUT2D eigenvalue weighted by molar-refractivity contribution is 0.0694. The van der Waals surface area contributed by atoms with Crippen LogP contribution in [0.3, 0.4) is 0 Å². The van der Waals surface area contributed by atoms with Gasteiger partial charge in [0.25, 0.3) is 5.56 Å². The first-order valence-electron chi connectivity index (χ1n) is 6.07. The topological polar surface area (TPSA) is 102 Å². The lowest BCUT2D eigenvalue weighted by atomic mass is 10.1. The fourth-order valence-electron chi connectivity index (χ4n) is 1.86. The molecular weight excluding hydrogens is 276 g/mol. The van der Waals surface area contributed by atoms with E-state index in [9.17, 15) is 9.59 Å². The number of hydrogen-bond donors (Lipinski definition) is 2. The predicted octanol–water partition coefficient (Wildman–Crippen LogP) is 1.08. The molecule has 0 aliphatic carbocycles. The number of carbonyl (C=O) groups is 1. The molecule has 7 nitrogen and oxygen atoms in total. The van der Waals surface area contributed by atoms with Crippen molar-refractivity contribution >= 4 is 5.97 Å². The number of nitrogens with one attached hydrogen (secondary N) is 1. The maximum Gasteiger partial charge on any atom is 0.342 e. The van der Waals surface area contributed by atoms with Crippen molar-refractivity contribution in [2.24, 2.45) is 0 Å². The van der Waals surface area contributed by atoms with Gasteiger partial charge in [-0.25, -0.2) is 9.78 Å². The maximum atomic E-state index is 11.6. The molecule has 7 heteroatoms. The standard InChI is InChI=1S/C14H14N2O5/c1-20-10-4-3-8(5-11(10)21-2)6-12-15-7-9(14(18)19)13(17)16-12/h3-5,7H,6H2,1-2H3,(H,18,19)(H,15,16,17). The van der Waals surface area contributed by atoms with Crippen molar-refractivity contribution in [3.8, 4) is 11.5 Å². The van der Waals surface area contributed by atoms with E-state index in [1.165, 1.54) is 7.11 Å². The second-order valence-corrected chi connectivity index (χ2v) is 4.24. The highest BCUT2D eigenvalue weighted by molar-refractivity contribution is 5.86. The third-order valence-electron chi connectivity index (χ3n) is 2.90. The fraction of sp³-hybridized carbons (Fsp3) is 0.214. The van der Waals surface area contributed by atoms with Crippen LogP contribution in [-0.2, 0) is 6.42 Å². The molecule has 21 heavy (non-hydrogen) atoms. The normalized spacial score (nSPS) is 10.2. The fourth-order valence-corrected chi connectivity index (χ4v) is 1.86. The van der Waals surface area contributed by atoms with Crippen molar-refractivity contribution in [1.29, 1.82) is 0 Å². The van der Waals surface area contributed by atoms with Crippen LogP contribution in [0.5, 0.6) is 11.5 Å². The minimum atomic E-state index is -1.30. The Bertz CT molecular complexity index is 724. The molecule has 0 unspecified atom stereocenters. The number of benzene rings is 1.